The van der Waals surface area contributed by atoms with E-state index in [2.05, 4.69) is 15.0 Å². The van der Waals surface area contributed by atoms with Crippen LogP contribution in [-0.2, 0) is 9.53 Å². The van der Waals surface area contributed by atoms with Gasteiger partial charge in [-0.2, -0.15) is 0 Å². The average Bonchev–Trinajstić information content (AvgIpc) is 2.01. The zero-order valence-corrected chi connectivity index (χ0v) is 7.20. The first kappa shape index (κ1) is 8.83. The van der Waals surface area contributed by atoms with Gasteiger partial charge in [0.05, 0.1) is 7.11 Å². The van der Waals surface area contributed by atoms with Crippen molar-refractivity contribution in [3.05, 3.63) is 0 Å². The van der Waals surface area contributed by atoms with Crippen LogP contribution >= 0.6 is 0 Å². The molecule has 0 radical (unpaired) electrons. The van der Waals surface area contributed by atoms with Crippen molar-refractivity contribution >= 4 is 11.9 Å². The molecule has 0 aromatic carbocycles. The topological polar surface area (TPSA) is 76.7 Å². The van der Waals surface area contributed by atoms with Crippen LogP contribution in [0.4, 0.5) is 0 Å². The highest BCUT2D eigenvalue weighted by molar-refractivity contribution is 5.85. The van der Waals surface area contributed by atoms with Crippen LogP contribution in [0.25, 0.3) is 0 Å². The molecule has 0 amide bonds. The maximum absolute atomic E-state index is 11.0. The number of nitrogens with two attached hydrogens (primary N) is 1. The summed E-state index contributed by atoms with van der Waals surface area (Å²) in [7, 11) is 1.35. The van der Waals surface area contributed by atoms with Crippen molar-refractivity contribution in [2.45, 2.75) is 25.4 Å². The van der Waals surface area contributed by atoms with Crippen LogP contribution in [0.2, 0.25) is 0 Å². The third kappa shape index (κ3) is 1.87. The second-order valence-electron chi connectivity index (χ2n) is 2.83. The molecule has 1 rings (SSSR count). The highest BCUT2D eigenvalue weighted by atomic mass is 16.5. The molecule has 3 N–H and O–H groups in total. The Balaban J connectivity index is 2.66. The Morgan fingerprint density at radius 3 is 3.00 bits per heavy atom. The molecule has 1 aliphatic heterocycles. The molecule has 0 aliphatic carbocycles. The Bertz CT molecular complexity index is 215. The molecular formula is C7H13N3O2. The standard InChI is InChI=1S/C7H13N3O2/c1-4-3-5(6(11)12-2)10-7(8)9-4/h4-5H,3H2,1-2H3,(H3,8,9,10). The Labute approximate surface area is 71.0 Å². The quantitative estimate of drug-likeness (QED) is 0.508. The molecule has 12 heavy (non-hydrogen) atoms. The zero-order valence-electron chi connectivity index (χ0n) is 7.20. The summed E-state index contributed by atoms with van der Waals surface area (Å²) in [6.07, 6.45) is 0.632. The summed E-state index contributed by atoms with van der Waals surface area (Å²) < 4.78 is 4.56. The fraction of sp³-hybridized carbons (Fsp3) is 0.714. The number of hydrogen-bond acceptors (Lipinski definition) is 5. The molecule has 0 aromatic rings. The van der Waals surface area contributed by atoms with Crippen LogP contribution in [-0.4, -0.2) is 31.1 Å². The van der Waals surface area contributed by atoms with Crippen LogP contribution in [0.1, 0.15) is 13.3 Å². The number of nitrogens with one attached hydrogen (secondary N) is 1. The minimum absolute atomic E-state index is 0.173. The second-order valence-corrected chi connectivity index (χ2v) is 2.83. The zero-order chi connectivity index (χ0) is 9.14. The van der Waals surface area contributed by atoms with Crippen molar-refractivity contribution in [2.24, 2.45) is 10.7 Å². The summed E-state index contributed by atoms with van der Waals surface area (Å²) in [5.74, 6) is -0.0181. The molecule has 2 atom stereocenters. The fourth-order valence-corrected chi connectivity index (χ4v) is 1.19. The van der Waals surface area contributed by atoms with E-state index in [1.807, 2.05) is 6.92 Å². The molecule has 0 bridgehead atoms. The molecule has 0 saturated heterocycles. The Morgan fingerprint density at radius 1 is 1.83 bits per heavy atom. The smallest absolute Gasteiger partial charge is 0.330 e. The SMILES string of the molecule is COC(=O)C1CC(C)NC(N)=N1. The van der Waals surface area contributed by atoms with Crippen LogP contribution in [0.3, 0.4) is 0 Å². The number of hydrogen-bond donors (Lipinski definition) is 2. The van der Waals surface area contributed by atoms with Crippen molar-refractivity contribution in [1.82, 2.24) is 5.32 Å². The molecule has 68 valence electrons. The van der Waals surface area contributed by atoms with E-state index in [0.717, 1.165) is 0 Å². The van der Waals surface area contributed by atoms with E-state index in [4.69, 9.17) is 5.73 Å². The van der Waals surface area contributed by atoms with Crippen LogP contribution < -0.4 is 11.1 Å². The summed E-state index contributed by atoms with van der Waals surface area (Å²) in [6.45, 7) is 1.94. The third-order valence-electron chi connectivity index (χ3n) is 1.74. The van der Waals surface area contributed by atoms with Crippen molar-refractivity contribution < 1.29 is 9.53 Å². The van der Waals surface area contributed by atoms with Gasteiger partial charge in [0.15, 0.2) is 12.0 Å². The lowest BCUT2D eigenvalue weighted by atomic mass is 10.1. The van der Waals surface area contributed by atoms with Crippen LogP contribution in [0.15, 0.2) is 4.99 Å². The maximum Gasteiger partial charge on any atom is 0.330 e. The summed E-state index contributed by atoms with van der Waals surface area (Å²) >= 11 is 0. The van der Waals surface area contributed by atoms with E-state index in [-0.39, 0.29) is 12.0 Å². The number of rotatable bonds is 1. The Hall–Kier alpha value is -1.26. The first-order valence-electron chi connectivity index (χ1n) is 3.81. The molecule has 5 heteroatoms. The van der Waals surface area contributed by atoms with E-state index in [1.54, 1.807) is 0 Å². The molecule has 5 nitrogen and oxygen atoms in total. The Kier molecular flexibility index (Phi) is 2.52. The molecule has 0 aromatic heterocycles. The number of esters is 1. The summed E-state index contributed by atoms with van der Waals surface area (Å²) in [5, 5.41) is 2.91. The summed E-state index contributed by atoms with van der Waals surface area (Å²) in [6, 6.07) is -0.266. The van der Waals surface area contributed by atoms with Gasteiger partial charge in [-0.25, -0.2) is 9.79 Å². The van der Waals surface area contributed by atoms with Gasteiger partial charge in [-0.1, -0.05) is 0 Å². The lowest BCUT2D eigenvalue weighted by Crippen LogP contribution is -2.46. The lowest BCUT2D eigenvalue weighted by Gasteiger charge is -2.23. The van der Waals surface area contributed by atoms with Gasteiger partial charge in [-0.05, 0) is 6.92 Å². The molecule has 2 unspecified atom stereocenters. The van der Waals surface area contributed by atoms with E-state index in [0.29, 0.717) is 12.4 Å². The fourth-order valence-electron chi connectivity index (χ4n) is 1.19. The average molecular weight is 171 g/mol. The second kappa shape index (κ2) is 3.42. The number of guanidine groups is 1. The van der Waals surface area contributed by atoms with Gasteiger partial charge in [-0.15, -0.1) is 0 Å². The molecule has 1 aliphatic rings. The van der Waals surface area contributed by atoms with Gasteiger partial charge < -0.3 is 15.8 Å². The van der Waals surface area contributed by atoms with Gasteiger partial charge in [0, 0.05) is 12.5 Å². The normalized spacial score (nSPS) is 28.7. The predicted molar refractivity (Wildman–Crippen MR) is 44.6 cm³/mol. The largest absolute Gasteiger partial charge is 0.467 e. The van der Waals surface area contributed by atoms with E-state index >= 15 is 0 Å². The lowest BCUT2D eigenvalue weighted by molar-refractivity contribution is -0.142. The number of methoxy groups -OCH3 is 1. The van der Waals surface area contributed by atoms with Crippen molar-refractivity contribution in [3.8, 4) is 0 Å². The maximum atomic E-state index is 11.0. The van der Waals surface area contributed by atoms with Gasteiger partial charge in [-0.3, -0.25) is 0 Å². The molecule has 0 saturated carbocycles. The number of nitrogens with zero attached hydrogens (tertiary/aromatic N) is 1. The molecular weight excluding hydrogens is 158 g/mol. The van der Waals surface area contributed by atoms with Crippen LogP contribution in [0.5, 0.6) is 0 Å². The van der Waals surface area contributed by atoms with Gasteiger partial charge >= 0.3 is 5.97 Å². The Morgan fingerprint density at radius 2 is 2.50 bits per heavy atom. The highest BCUT2D eigenvalue weighted by Gasteiger charge is 2.25. The monoisotopic (exact) mass is 171 g/mol. The molecule has 1 heterocycles. The van der Waals surface area contributed by atoms with E-state index in [1.165, 1.54) is 7.11 Å². The summed E-state index contributed by atoms with van der Waals surface area (Å²) in [5.41, 5.74) is 5.44. The number of aliphatic imine (C=N–C) groups is 1. The van der Waals surface area contributed by atoms with Gasteiger partial charge in [0.1, 0.15) is 0 Å². The first-order valence-corrected chi connectivity index (χ1v) is 3.81. The minimum Gasteiger partial charge on any atom is -0.467 e. The van der Waals surface area contributed by atoms with Crippen molar-refractivity contribution in [3.63, 3.8) is 0 Å². The van der Waals surface area contributed by atoms with E-state index < -0.39 is 6.04 Å². The summed E-state index contributed by atoms with van der Waals surface area (Å²) in [4.78, 5) is 15.0. The van der Waals surface area contributed by atoms with Gasteiger partial charge in [0.2, 0.25) is 0 Å². The molecule has 0 spiro atoms. The molecule has 0 fully saturated rings. The number of carbonyl (C=O) groups is 1. The third-order valence-corrected chi connectivity index (χ3v) is 1.74. The predicted octanol–water partition coefficient (Wildman–Crippen LogP) is -0.775. The van der Waals surface area contributed by atoms with Gasteiger partial charge in [0.25, 0.3) is 0 Å². The first-order chi connectivity index (χ1) is 5.63. The van der Waals surface area contributed by atoms with Crippen LogP contribution in [0, 0.1) is 0 Å². The number of ether oxygens (including phenoxy) is 1. The van der Waals surface area contributed by atoms with Crippen molar-refractivity contribution in [2.75, 3.05) is 7.11 Å². The number of carbonyl (C=O) groups excluding carboxylic acids is 1. The highest BCUT2D eigenvalue weighted by Crippen LogP contribution is 2.08. The van der Waals surface area contributed by atoms with E-state index in [9.17, 15) is 4.79 Å². The minimum atomic E-state index is -0.439. The van der Waals surface area contributed by atoms with Crippen molar-refractivity contribution in [1.29, 1.82) is 0 Å².